The number of nitrogens with zero attached hydrogens (tertiary/aromatic N) is 18. The topological polar surface area (TPSA) is 338 Å². The second-order valence-electron chi connectivity index (χ2n) is 21.9. The molecule has 5 aromatic carbocycles. The van der Waals surface area contributed by atoms with Crippen molar-refractivity contribution in [2.45, 2.75) is 6.92 Å². The standard InChI is InChI=1S/2C13H11F2N2.C12H5F2N2.C12H8F2N.C11H6F2N.3C3H5N4.2C3H4N3O.5Ir/c2*1-17(2)10-5-6-16-13(8-10)11-4-3-9(14)7-12(11)15;1-15-12-9(13)6-5-8(11(12)14)10-4-2-3-7-16-10;1-8-4-5-15-12(6-8)10-3-2-9(13)7-11(10)14;12-8-4-5-9(10(13)7-8)11-3-1-2-6-14-11;3*4-6-7-3-1-2-5-7;2*4-7-6-3-1-2-5-6;;;;;/h2*3,5-8H,1-2H3;2-4,6-7H;2,4-7H,1H3;1-4,6-7H;3*1-4,6H;2*1-4H;;;;;/q10*-1;;;;;. The molecule has 0 amide bonds. The van der Waals surface area contributed by atoms with Gasteiger partial charge in [0.2, 0.25) is 0 Å². The van der Waals surface area contributed by atoms with Gasteiger partial charge >= 0.3 is 0 Å². The average molecular weight is 2520 g/mol. The summed E-state index contributed by atoms with van der Waals surface area (Å²) >= 11 is 0. The number of nitrogens with one attached hydrogen (secondary N) is 8. The van der Waals surface area contributed by atoms with Crippen molar-refractivity contribution in [3.05, 3.63) is 385 Å². The van der Waals surface area contributed by atoms with Crippen LogP contribution in [0, 0.1) is 102 Å². The Morgan fingerprint density at radius 3 is 0.933 bits per heavy atom. The van der Waals surface area contributed by atoms with Crippen molar-refractivity contribution >= 4 is 17.1 Å². The zero-order chi connectivity index (χ0) is 82.7. The van der Waals surface area contributed by atoms with Crippen molar-refractivity contribution < 1.29 is 154 Å². The van der Waals surface area contributed by atoms with E-state index in [-0.39, 0.29) is 128 Å². The average Bonchev–Trinajstić information content (AvgIpc) is 1.30. The van der Waals surface area contributed by atoms with E-state index >= 15 is 0 Å². The molecule has 635 valence electrons. The Bertz CT molecular complexity index is 5010. The molecule has 43 heteroatoms. The van der Waals surface area contributed by atoms with E-state index in [1.807, 2.05) is 63.1 Å². The minimum atomic E-state index is -0.922. The van der Waals surface area contributed by atoms with Crippen molar-refractivity contribution in [2.24, 2.45) is 0 Å². The fraction of sp³-hybridized carbons (Fsp3) is 0.0658. The number of aryl methyl sites for hydroxylation is 1. The Balaban J connectivity index is 0.000000671. The number of rotatable bonds is 12. The predicted octanol–water partition coefficient (Wildman–Crippen LogP) is 16.9. The summed E-state index contributed by atoms with van der Waals surface area (Å²) in [6, 6.07) is 50.5. The van der Waals surface area contributed by atoms with Crippen LogP contribution in [0.4, 0.5) is 61.0 Å². The molecular formula is C76H64F10Ir5N26O2-10. The van der Waals surface area contributed by atoms with Crippen LogP contribution in [0.15, 0.2) is 251 Å². The molecule has 0 fully saturated rings. The number of hydrogen-bond acceptors (Lipinski definition) is 17. The number of aromatic nitrogens is 15. The molecule has 119 heavy (non-hydrogen) atoms. The van der Waals surface area contributed by atoms with Crippen molar-refractivity contribution in [1.82, 2.24) is 74.5 Å². The summed E-state index contributed by atoms with van der Waals surface area (Å²) in [5.74, 6) is 25.1. The monoisotopic (exact) mass is 2530 g/mol. The fourth-order valence-electron chi connectivity index (χ4n) is 8.33. The van der Waals surface area contributed by atoms with Crippen molar-refractivity contribution in [2.75, 3.05) is 54.6 Å². The van der Waals surface area contributed by atoms with Crippen LogP contribution in [-0.2, 0) is 101 Å². The van der Waals surface area contributed by atoms with E-state index in [9.17, 15) is 43.9 Å². The molecule has 0 atom stereocenters. The van der Waals surface area contributed by atoms with Gasteiger partial charge in [-0.05, 0) is 96.1 Å². The molecule has 15 rings (SSSR count). The minimum absolute atomic E-state index is 0. The summed E-state index contributed by atoms with van der Waals surface area (Å²) in [5, 5.41) is 18.0. The van der Waals surface area contributed by atoms with Gasteiger partial charge in [0.1, 0.15) is 0 Å². The largest absolute Gasteiger partial charge is 0.568 e. The van der Waals surface area contributed by atoms with Gasteiger partial charge in [0.05, 0.1) is 50.0 Å². The van der Waals surface area contributed by atoms with E-state index in [1.165, 1.54) is 45.4 Å². The summed E-state index contributed by atoms with van der Waals surface area (Å²) in [4.78, 5) is 40.3. The number of hydrogen-bond donors (Lipinski definition) is 3. The summed E-state index contributed by atoms with van der Waals surface area (Å²) in [5.41, 5.74) is 11.2. The van der Waals surface area contributed by atoms with Crippen LogP contribution in [0.5, 0.6) is 0 Å². The summed E-state index contributed by atoms with van der Waals surface area (Å²) in [6.07, 6.45) is 23.7. The smallest absolute Gasteiger partial charge is 0.176 e. The van der Waals surface area contributed by atoms with Crippen LogP contribution < -0.4 is 36.3 Å². The van der Waals surface area contributed by atoms with Crippen LogP contribution in [0.3, 0.4) is 0 Å². The maximum absolute atomic E-state index is 13.7. The van der Waals surface area contributed by atoms with Gasteiger partial charge in [-0.3, -0.25) is 48.7 Å². The van der Waals surface area contributed by atoms with Crippen molar-refractivity contribution in [1.29, 1.82) is 0 Å². The van der Waals surface area contributed by atoms with Gasteiger partial charge in [-0.2, -0.15) is 15.3 Å². The first-order valence-corrected chi connectivity index (χ1v) is 32.2. The van der Waals surface area contributed by atoms with Crippen molar-refractivity contribution in [3.8, 4) is 56.3 Å². The third-order valence-electron chi connectivity index (χ3n) is 13.6. The van der Waals surface area contributed by atoms with Crippen LogP contribution in [0.1, 0.15) is 5.56 Å². The Morgan fingerprint density at radius 2 is 0.672 bits per heavy atom. The van der Waals surface area contributed by atoms with Crippen molar-refractivity contribution in [3.63, 3.8) is 0 Å². The zero-order valence-electron chi connectivity index (χ0n) is 62.0. The molecule has 0 aliphatic rings. The molecule has 0 aliphatic heterocycles. The second-order valence-corrected chi connectivity index (χ2v) is 21.9. The molecule has 0 aliphatic carbocycles. The van der Waals surface area contributed by atoms with Gasteiger partial charge in [0, 0.05) is 248 Å². The molecule has 0 saturated carbocycles. The van der Waals surface area contributed by atoms with E-state index < -0.39 is 63.9 Å². The molecule has 8 N–H and O–H groups in total. The van der Waals surface area contributed by atoms with E-state index in [0.717, 1.165) is 81.2 Å². The Morgan fingerprint density at radius 1 is 0.361 bits per heavy atom. The summed E-state index contributed by atoms with van der Waals surface area (Å²) in [6.45, 7) is 8.58. The van der Waals surface area contributed by atoms with Gasteiger partial charge in [0.25, 0.3) is 0 Å². The maximum Gasteiger partial charge on any atom is 0.176 e. The van der Waals surface area contributed by atoms with Gasteiger partial charge < -0.3 is 90.5 Å². The molecule has 10 aromatic heterocycles. The molecule has 5 radical (unpaired) electrons. The Hall–Kier alpha value is -11.7. The zero-order valence-corrected chi connectivity index (χ0v) is 74.0. The molecule has 0 spiro atoms. The minimum Gasteiger partial charge on any atom is -0.568 e. The third kappa shape index (κ3) is 36.4. The normalized spacial score (nSPS) is 9.34. The fourth-order valence-corrected chi connectivity index (χ4v) is 8.33. The van der Waals surface area contributed by atoms with Gasteiger partial charge in [-0.15, -0.1) is 86.1 Å². The molecule has 15 aromatic rings. The number of pyridine rings is 5. The maximum atomic E-state index is 13.7. The van der Waals surface area contributed by atoms with E-state index in [2.05, 4.69) is 112 Å². The first-order valence-electron chi connectivity index (χ1n) is 32.2. The van der Waals surface area contributed by atoms with Gasteiger partial charge in [-0.1, -0.05) is 94.5 Å². The number of anilines is 2. The van der Waals surface area contributed by atoms with E-state index in [0.29, 0.717) is 28.5 Å². The second kappa shape index (κ2) is 57.4. The first-order chi connectivity index (χ1) is 55.0. The van der Waals surface area contributed by atoms with Crippen LogP contribution in [0.25, 0.3) is 90.5 Å². The summed E-state index contributed by atoms with van der Waals surface area (Å²) in [7, 11) is 7.52. The quantitative estimate of drug-likeness (QED) is 0.0581. The number of halogens is 10. The first kappa shape index (κ1) is 105. The number of benzene rings is 5. The summed E-state index contributed by atoms with van der Waals surface area (Å²) < 4.78 is 131. The van der Waals surface area contributed by atoms with E-state index in [4.69, 9.17) is 35.9 Å². The molecule has 0 bridgehead atoms. The molecular weight excluding hydrogens is 2460 g/mol. The van der Waals surface area contributed by atoms with E-state index in [1.54, 1.807) is 147 Å². The molecule has 0 saturated heterocycles. The molecule has 0 unspecified atom stereocenters. The Labute approximate surface area is 743 Å². The molecule has 28 nitrogen and oxygen atoms in total. The van der Waals surface area contributed by atoms with Crippen LogP contribution >= 0.6 is 0 Å². The van der Waals surface area contributed by atoms with Gasteiger partial charge in [0.15, 0.2) is 5.69 Å². The Kier molecular flexibility index (Phi) is 50.8. The molecule has 10 heterocycles. The predicted molar refractivity (Wildman–Crippen MR) is 406 cm³/mol. The SMILES string of the molecule is CN(C)c1ccnc(-c2[c-]cc(F)cc2F)c1.CN(C)c1ccnc(-c2[c-]cc(F)cc2F)c1.Cc1ccnc(-c2[c-]cc(F)cc2F)c1.Fc1c[c-]c(-c2ccccn2)c(F)c1.[C-]#[N+]c1c(F)c[c-]c(-c2ccccn2)c1F.[Ir].[Ir].[Ir].[Ir].[Ir].[NH-]Nn1cccn1.[NH-]Nn1cccn1.[NH-]Nn1cccn1.[NH-]On1cccn1.[NH-]On1cccn1. The van der Waals surface area contributed by atoms with Gasteiger partial charge in [-0.25, -0.2) is 14.4 Å². The van der Waals surface area contributed by atoms with Crippen LogP contribution in [0.2, 0.25) is 0 Å². The van der Waals surface area contributed by atoms with Crippen LogP contribution in [-0.4, -0.2) is 103 Å². The third-order valence-corrected chi connectivity index (χ3v) is 13.6.